The molecule has 0 aliphatic rings. The van der Waals surface area contributed by atoms with Gasteiger partial charge < -0.3 is 10.6 Å². The molecule has 42 heavy (non-hydrogen) atoms. The molecule has 0 saturated carbocycles. The first-order valence-electron chi connectivity index (χ1n) is 13.6. The van der Waals surface area contributed by atoms with E-state index in [1.165, 1.54) is 11.2 Å². The Morgan fingerprint density at radius 1 is 0.786 bits per heavy atom. The van der Waals surface area contributed by atoms with E-state index in [1.807, 2.05) is 79.7 Å². The summed E-state index contributed by atoms with van der Waals surface area (Å²) in [6.45, 7) is 3.88. The van der Waals surface area contributed by atoms with E-state index in [0.717, 1.165) is 27.8 Å². The van der Waals surface area contributed by atoms with Gasteiger partial charge in [-0.05, 0) is 46.4 Å². The van der Waals surface area contributed by atoms with Crippen molar-refractivity contribution in [3.8, 4) is 11.1 Å². The Balaban J connectivity index is 1.50. The molecule has 0 aromatic heterocycles. The lowest BCUT2D eigenvalue weighted by Gasteiger charge is -2.25. The lowest BCUT2D eigenvalue weighted by atomic mass is 10.0. The van der Waals surface area contributed by atoms with Gasteiger partial charge in [-0.2, -0.15) is 4.31 Å². The smallest absolute Gasteiger partial charge is 0.243 e. The zero-order chi connectivity index (χ0) is 30.1. The third-order valence-electron chi connectivity index (χ3n) is 6.90. The third kappa shape index (κ3) is 8.28. The number of halogens is 1. The molecule has 4 aromatic carbocycles. The number of nitrogens with one attached hydrogen (secondary N) is 2. The summed E-state index contributed by atoms with van der Waals surface area (Å²) in [5.74, 6) is -0.662. The van der Waals surface area contributed by atoms with E-state index < -0.39 is 15.9 Å². The van der Waals surface area contributed by atoms with Crippen LogP contribution in [0.25, 0.3) is 11.1 Å². The minimum Gasteiger partial charge on any atom is -0.352 e. The van der Waals surface area contributed by atoms with Crippen molar-refractivity contribution in [1.82, 2.24) is 14.9 Å². The molecular weight excluding hydrogens is 570 g/mol. The van der Waals surface area contributed by atoms with E-state index in [1.54, 1.807) is 30.3 Å². The monoisotopic (exact) mass is 603 g/mol. The molecule has 4 aromatic rings. The zero-order valence-electron chi connectivity index (χ0n) is 23.6. The van der Waals surface area contributed by atoms with Crippen molar-refractivity contribution in [1.29, 1.82) is 0 Å². The fraction of sp³-hybridized carbons (Fsp3) is 0.212. The molecule has 1 atom stereocenters. The van der Waals surface area contributed by atoms with E-state index in [2.05, 4.69) is 10.6 Å². The van der Waals surface area contributed by atoms with Crippen LogP contribution in [0.2, 0.25) is 5.02 Å². The second-order valence-electron chi connectivity index (χ2n) is 10.1. The van der Waals surface area contributed by atoms with Gasteiger partial charge in [0.05, 0.1) is 11.4 Å². The van der Waals surface area contributed by atoms with Crippen LogP contribution in [-0.4, -0.2) is 37.6 Å². The standard InChI is InChI=1S/C33H34ClN3O4S/c1-24(28-8-4-3-5-9-28)22-37(23-33(39)36-21-27-14-12-26(13-15-27)20-35-25(2)38)42(40,41)30-18-16-29(17-19-30)31-10-6-7-11-32(31)34/h3-19,24H,20-23H2,1-2H3,(H,35,38)(H,36,39)/t24-/m0/s1. The Hall–Kier alpha value is -3.98. The number of hydrogen-bond acceptors (Lipinski definition) is 4. The van der Waals surface area contributed by atoms with E-state index in [-0.39, 0.29) is 36.4 Å². The first-order chi connectivity index (χ1) is 20.1. The highest BCUT2D eigenvalue weighted by Crippen LogP contribution is 2.29. The van der Waals surface area contributed by atoms with Crippen LogP contribution in [0, 0.1) is 0 Å². The van der Waals surface area contributed by atoms with Crippen LogP contribution in [-0.2, 0) is 32.7 Å². The Bertz CT molecular complexity index is 1610. The van der Waals surface area contributed by atoms with Crippen molar-refractivity contribution in [2.75, 3.05) is 13.1 Å². The molecule has 4 rings (SSSR count). The van der Waals surface area contributed by atoms with Crippen LogP contribution < -0.4 is 10.6 Å². The third-order valence-corrected chi connectivity index (χ3v) is 9.05. The number of carbonyl (C=O) groups is 2. The van der Waals surface area contributed by atoms with Crippen molar-refractivity contribution < 1.29 is 18.0 Å². The molecule has 0 spiro atoms. The number of sulfonamides is 1. The highest BCUT2D eigenvalue weighted by molar-refractivity contribution is 7.89. The van der Waals surface area contributed by atoms with Gasteiger partial charge in [0.25, 0.3) is 0 Å². The summed E-state index contributed by atoms with van der Waals surface area (Å²) in [7, 11) is -4.01. The molecule has 0 heterocycles. The van der Waals surface area contributed by atoms with Crippen LogP contribution in [0.3, 0.4) is 0 Å². The van der Waals surface area contributed by atoms with Crippen molar-refractivity contribution in [2.45, 2.75) is 37.8 Å². The molecule has 0 bridgehead atoms. The van der Waals surface area contributed by atoms with Crippen molar-refractivity contribution >= 4 is 33.4 Å². The van der Waals surface area contributed by atoms with Gasteiger partial charge in [-0.25, -0.2) is 8.42 Å². The molecule has 0 unspecified atom stereocenters. The van der Waals surface area contributed by atoms with Gasteiger partial charge in [-0.3, -0.25) is 9.59 Å². The minimum absolute atomic E-state index is 0.0983. The van der Waals surface area contributed by atoms with Gasteiger partial charge in [-0.1, -0.05) is 103 Å². The van der Waals surface area contributed by atoms with E-state index in [4.69, 9.17) is 11.6 Å². The quantitative estimate of drug-likeness (QED) is 0.215. The fourth-order valence-corrected chi connectivity index (χ4v) is 6.24. The normalized spacial score (nSPS) is 12.1. The second-order valence-corrected chi connectivity index (χ2v) is 12.5. The van der Waals surface area contributed by atoms with E-state index in [9.17, 15) is 18.0 Å². The maximum absolute atomic E-state index is 13.9. The van der Waals surface area contributed by atoms with Crippen molar-refractivity contribution in [3.05, 3.63) is 125 Å². The van der Waals surface area contributed by atoms with Gasteiger partial charge >= 0.3 is 0 Å². The Kier molecular flexibility index (Phi) is 10.5. The summed E-state index contributed by atoms with van der Waals surface area (Å²) in [5.41, 5.74) is 4.38. The molecule has 7 nitrogen and oxygen atoms in total. The summed E-state index contributed by atoms with van der Waals surface area (Å²) < 4.78 is 29.0. The molecule has 0 aliphatic carbocycles. The van der Waals surface area contributed by atoms with Crippen LogP contribution in [0.4, 0.5) is 0 Å². The minimum atomic E-state index is -4.01. The number of carbonyl (C=O) groups excluding carboxylic acids is 2. The van der Waals surface area contributed by atoms with Crippen LogP contribution in [0.5, 0.6) is 0 Å². The van der Waals surface area contributed by atoms with Crippen LogP contribution in [0.1, 0.15) is 36.5 Å². The summed E-state index contributed by atoms with van der Waals surface area (Å²) in [4.78, 5) is 24.3. The lowest BCUT2D eigenvalue weighted by molar-refractivity contribution is -0.121. The first-order valence-corrected chi connectivity index (χ1v) is 15.4. The number of amides is 2. The largest absolute Gasteiger partial charge is 0.352 e. The molecule has 2 N–H and O–H groups in total. The molecule has 0 saturated heterocycles. The zero-order valence-corrected chi connectivity index (χ0v) is 25.2. The van der Waals surface area contributed by atoms with Gasteiger partial charge in [0.1, 0.15) is 0 Å². The SMILES string of the molecule is CC(=O)NCc1ccc(CNC(=O)CN(C[C@H](C)c2ccccc2)S(=O)(=O)c2ccc(-c3ccccc3Cl)cc2)cc1. The summed E-state index contributed by atoms with van der Waals surface area (Å²) >= 11 is 6.33. The summed E-state index contributed by atoms with van der Waals surface area (Å²) in [6.07, 6.45) is 0. The predicted molar refractivity (Wildman–Crippen MR) is 166 cm³/mol. The first kappa shape index (κ1) is 31.0. The molecule has 9 heteroatoms. The van der Waals surface area contributed by atoms with E-state index in [0.29, 0.717) is 11.6 Å². The van der Waals surface area contributed by atoms with Crippen molar-refractivity contribution in [3.63, 3.8) is 0 Å². The fourth-order valence-electron chi connectivity index (χ4n) is 4.51. The molecule has 2 amide bonds. The number of rotatable bonds is 12. The Morgan fingerprint density at radius 2 is 1.36 bits per heavy atom. The van der Waals surface area contributed by atoms with Gasteiger partial charge in [-0.15, -0.1) is 0 Å². The summed E-state index contributed by atoms with van der Waals surface area (Å²) in [6, 6.07) is 31.0. The maximum Gasteiger partial charge on any atom is 0.243 e. The van der Waals surface area contributed by atoms with Gasteiger partial charge in [0, 0.05) is 37.1 Å². The highest BCUT2D eigenvalue weighted by atomic mass is 35.5. The molecule has 0 fully saturated rings. The molecule has 218 valence electrons. The lowest BCUT2D eigenvalue weighted by Crippen LogP contribution is -2.42. The Labute approximate surface area is 252 Å². The maximum atomic E-state index is 13.9. The summed E-state index contributed by atoms with van der Waals surface area (Å²) in [5, 5.41) is 6.16. The van der Waals surface area contributed by atoms with Crippen LogP contribution in [0.15, 0.2) is 108 Å². The van der Waals surface area contributed by atoms with Gasteiger partial charge in [0.2, 0.25) is 21.8 Å². The average molecular weight is 604 g/mol. The average Bonchev–Trinajstić information content (AvgIpc) is 3.00. The van der Waals surface area contributed by atoms with Crippen molar-refractivity contribution in [2.24, 2.45) is 0 Å². The van der Waals surface area contributed by atoms with Crippen LogP contribution >= 0.6 is 11.6 Å². The molecule has 0 radical (unpaired) electrons. The Morgan fingerprint density at radius 3 is 1.95 bits per heavy atom. The number of benzene rings is 4. The predicted octanol–water partition coefficient (Wildman–Crippen LogP) is 5.75. The molecule has 0 aliphatic heterocycles. The topological polar surface area (TPSA) is 95.6 Å². The number of nitrogens with zero attached hydrogens (tertiary/aromatic N) is 1. The van der Waals surface area contributed by atoms with Gasteiger partial charge in [0.15, 0.2) is 0 Å². The molecular formula is C33H34ClN3O4S. The van der Waals surface area contributed by atoms with E-state index >= 15 is 0 Å². The second kappa shape index (κ2) is 14.3. The highest BCUT2D eigenvalue weighted by Gasteiger charge is 2.28. The number of hydrogen-bond donors (Lipinski definition) is 2.